The minimum absolute atomic E-state index is 0.403. The highest BCUT2D eigenvalue weighted by molar-refractivity contribution is 5.91. The molecule has 0 N–H and O–H groups in total. The van der Waals surface area contributed by atoms with Crippen LogP contribution in [0.1, 0.15) is 10.4 Å². The molecular weight excluding hydrogens is 370 g/mol. The zero-order valence-electron chi connectivity index (χ0n) is 15.4. The number of piperazine rings is 1. The maximum atomic E-state index is 13.6. The molecule has 3 rings (SSSR count). The smallest absolute Gasteiger partial charge is 0.344 e. The third-order valence-electron chi connectivity index (χ3n) is 4.56. The first kappa shape index (κ1) is 19.6. The van der Waals surface area contributed by atoms with Crippen LogP contribution in [0.2, 0.25) is 0 Å². The Morgan fingerprint density at radius 1 is 0.964 bits per heavy atom. The van der Waals surface area contributed by atoms with Crippen molar-refractivity contribution in [3.05, 3.63) is 59.7 Å². The van der Waals surface area contributed by atoms with Gasteiger partial charge in [0, 0.05) is 31.9 Å². The van der Waals surface area contributed by atoms with Gasteiger partial charge in [-0.3, -0.25) is 4.79 Å². The van der Waals surface area contributed by atoms with Crippen molar-refractivity contribution in [1.82, 2.24) is 4.90 Å². The van der Waals surface area contributed by atoms with Crippen LogP contribution in [0.5, 0.6) is 5.75 Å². The summed E-state index contributed by atoms with van der Waals surface area (Å²) in [6.45, 7) is 1.59. The zero-order chi connectivity index (χ0) is 20.1. The first-order chi connectivity index (χ1) is 13.5. The monoisotopic (exact) mass is 390 g/mol. The van der Waals surface area contributed by atoms with Gasteiger partial charge in [0.05, 0.1) is 7.11 Å². The summed E-state index contributed by atoms with van der Waals surface area (Å²) in [4.78, 5) is 27.8. The molecule has 1 aliphatic heterocycles. The van der Waals surface area contributed by atoms with Gasteiger partial charge in [-0.2, -0.15) is 0 Å². The molecule has 0 bridgehead atoms. The van der Waals surface area contributed by atoms with Gasteiger partial charge in [-0.1, -0.05) is 6.07 Å². The number of esters is 1. The predicted octanol–water partition coefficient (Wildman–Crippen LogP) is 2.48. The molecule has 1 amide bonds. The Bertz CT molecular complexity index is 830. The molecule has 28 heavy (non-hydrogen) atoms. The van der Waals surface area contributed by atoms with Gasteiger partial charge in [-0.15, -0.1) is 0 Å². The molecule has 2 aromatic rings. The molecule has 2 aromatic carbocycles. The van der Waals surface area contributed by atoms with Gasteiger partial charge in [-0.05, 0) is 36.4 Å². The maximum Gasteiger partial charge on any atom is 0.344 e. The van der Waals surface area contributed by atoms with Crippen molar-refractivity contribution in [1.29, 1.82) is 0 Å². The largest absolute Gasteiger partial charge is 0.497 e. The van der Waals surface area contributed by atoms with E-state index in [9.17, 15) is 18.4 Å². The normalized spacial score (nSPS) is 14.0. The fourth-order valence-corrected chi connectivity index (χ4v) is 2.99. The van der Waals surface area contributed by atoms with Gasteiger partial charge in [0.25, 0.3) is 5.91 Å². The number of nitrogens with zero attached hydrogens (tertiary/aromatic N) is 2. The minimum Gasteiger partial charge on any atom is -0.497 e. The fraction of sp³-hybridized carbons (Fsp3) is 0.300. The van der Waals surface area contributed by atoms with Crippen molar-refractivity contribution in [3.8, 4) is 5.75 Å². The summed E-state index contributed by atoms with van der Waals surface area (Å²) in [5, 5.41) is 0. The van der Waals surface area contributed by atoms with E-state index in [2.05, 4.69) is 4.90 Å². The van der Waals surface area contributed by atoms with Gasteiger partial charge >= 0.3 is 5.97 Å². The van der Waals surface area contributed by atoms with Crippen LogP contribution in [0.25, 0.3) is 0 Å². The Labute approximate surface area is 161 Å². The molecule has 0 aromatic heterocycles. The van der Waals surface area contributed by atoms with E-state index in [0.717, 1.165) is 29.6 Å². The molecule has 0 unspecified atom stereocenters. The Balaban J connectivity index is 1.50. The first-order valence-electron chi connectivity index (χ1n) is 8.77. The first-order valence-corrected chi connectivity index (χ1v) is 8.77. The van der Waals surface area contributed by atoms with Gasteiger partial charge in [0.1, 0.15) is 22.9 Å². The number of halogens is 2. The van der Waals surface area contributed by atoms with Crippen LogP contribution >= 0.6 is 0 Å². The number of carbonyl (C=O) groups excluding carboxylic acids is 2. The Kier molecular flexibility index (Phi) is 6.08. The number of amides is 1. The molecule has 8 heteroatoms. The van der Waals surface area contributed by atoms with Gasteiger partial charge in [-0.25, -0.2) is 13.6 Å². The number of hydrogen-bond acceptors (Lipinski definition) is 5. The summed E-state index contributed by atoms with van der Waals surface area (Å²) in [6, 6.07) is 10.7. The minimum atomic E-state index is -1.19. The molecule has 1 saturated heterocycles. The number of ether oxygens (including phenoxy) is 2. The molecule has 148 valence electrons. The molecular formula is C20H20F2N2O4. The SMILES string of the molecule is COc1ccc(N2CCN(C(=O)COC(=O)c3c(F)cccc3F)CC2)cc1. The molecule has 0 spiro atoms. The lowest BCUT2D eigenvalue weighted by molar-refractivity contribution is -0.134. The Morgan fingerprint density at radius 3 is 2.14 bits per heavy atom. The third kappa shape index (κ3) is 4.39. The van der Waals surface area contributed by atoms with Crippen LogP contribution in [-0.2, 0) is 9.53 Å². The molecule has 1 heterocycles. The second-order valence-electron chi connectivity index (χ2n) is 6.24. The number of carbonyl (C=O) groups is 2. The molecule has 1 fully saturated rings. The number of anilines is 1. The number of methoxy groups -OCH3 is 1. The fourth-order valence-electron chi connectivity index (χ4n) is 2.99. The molecule has 6 nitrogen and oxygen atoms in total. The van der Waals surface area contributed by atoms with E-state index < -0.39 is 35.7 Å². The molecule has 0 radical (unpaired) electrons. The van der Waals surface area contributed by atoms with Gasteiger partial charge < -0.3 is 19.3 Å². The highest BCUT2D eigenvalue weighted by atomic mass is 19.1. The number of benzene rings is 2. The van der Waals surface area contributed by atoms with Crippen molar-refractivity contribution >= 4 is 17.6 Å². The lowest BCUT2D eigenvalue weighted by Crippen LogP contribution is -2.49. The standard InChI is InChI=1S/C20H20F2N2O4/c1-27-15-7-5-14(6-8-15)23-9-11-24(12-10-23)18(25)13-28-20(26)19-16(21)3-2-4-17(19)22/h2-8H,9-13H2,1H3. The molecule has 0 saturated carbocycles. The zero-order valence-corrected chi connectivity index (χ0v) is 15.4. The highest BCUT2D eigenvalue weighted by Gasteiger charge is 2.24. The summed E-state index contributed by atoms with van der Waals surface area (Å²) in [5.41, 5.74) is 0.231. The lowest BCUT2D eigenvalue weighted by Gasteiger charge is -2.36. The summed E-state index contributed by atoms with van der Waals surface area (Å²) in [7, 11) is 1.60. The molecule has 0 aliphatic carbocycles. The number of rotatable bonds is 5. The average Bonchev–Trinajstić information content (AvgIpc) is 2.72. The summed E-state index contributed by atoms with van der Waals surface area (Å²) in [5.74, 6) is -2.87. The van der Waals surface area contributed by atoms with E-state index in [1.807, 2.05) is 24.3 Å². The van der Waals surface area contributed by atoms with Crippen molar-refractivity contribution < 1.29 is 27.8 Å². The summed E-state index contributed by atoms with van der Waals surface area (Å²) < 4.78 is 37.1. The predicted molar refractivity (Wildman–Crippen MR) is 98.4 cm³/mol. The van der Waals surface area contributed by atoms with Crippen LogP contribution in [0.4, 0.5) is 14.5 Å². The second kappa shape index (κ2) is 8.69. The van der Waals surface area contributed by atoms with Crippen LogP contribution in [0.3, 0.4) is 0 Å². The molecule has 1 aliphatic rings. The quantitative estimate of drug-likeness (QED) is 0.735. The lowest BCUT2D eigenvalue weighted by atomic mass is 10.2. The Morgan fingerprint density at radius 2 is 1.57 bits per heavy atom. The molecule has 0 atom stereocenters. The van der Waals surface area contributed by atoms with E-state index in [0.29, 0.717) is 26.2 Å². The Hall–Kier alpha value is -3.16. The van der Waals surface area contributed by atoms with E-state index in [1.54, 1.807) is 12.0 Å². The number of hydrogen-bond donors (Lipinski definition) is 0. The second-order valence-corrected chi connectivity index (χ2v) is 6.24. The van der Waals surface area contributed by atoms with Crippen LogP contribution < -0.4 is 9.64 Å². The van der Waals surface area contributed by atoms with Gasteiger partial charge in [0.15, 0.2) is 6.61 Å². The highest BCUT2D eigenvalue weighted by Crippen LogP contribution is 2.20. The summed E-state index contributed by atoms with van der Waals surface area (Å²) >= 11 is 0. The third-order valence-corrected chi connectivity index (χ3v) is 4.56. The van der Waals surface area contributed by atoms with Crippen LogP contribution in [0, 0.1) is 11.6 Å². The van der Waals surface area contributed by atoms with E-state index in [1.165, 1.54) is 0 Å². The van der Waals surface area contributed by atoms with Crippen molar-refractivity contribution in [2.24, 2.45) is 0 Å². The van der Waals surface area contributed by atoms with Gasteiger partial charge in [0.2, 0.25) is 0 Å². The van der Waals surface area contributed by atoms with Crippen molar-refractivity contribution in [2.75, 3.05) is 44.8 Å². The van der Waals surface area contributed by atoms with E-state index >= 15 is 0 Å². The van der Waals surface area contributed by atoms with Crippen LogP contribution in [0.15, 0.2) is 42.5 Å². The van der Waals surface area contributed by atoms with Crippen LogP contribution in [-0.4, -0.2) is 56.7 Å². The van der Waals surface area contributed by atoms with Crippen molar-refractivity contribution in [3.63, 3.8) is 0 Å². The topological polar surface area (TPSA) is 59.1 Å². The van der Waals surface area contributed by atoms with E-state index in [4.69, 9.17) is 9.47 Å². The van der Waals surface area contributed by atoms with E-state index in [-0.39, 0.29) is 0 Å². The maximum absolute atomic E-state index is 13.6. The average molecular weight is 390 g/mol. The van der Waals surface area contributed by atoms with Crippen molar-refractivity contribution in [2.45, 2.75) is 0 Å². The summed E-state index contributed by atoms with van der Waals surface area (Å²) in [6.07, 6.45) is 0.